The Kier molecular flexibility index (Phi) is 5.53. The summed E-state index contributed by atoms with van der Waals surface area (Å²) in [5, 5.41) is 0.385. The Bertz CT molecular complexity index is 635. The van der Waals surface area contributed by atoms with E-state index in [9.17, 15) is 8.78 Å². The van der Waals surface area contributed by atoms with E-state index in [1.165, 1.54) is 12.1 Å². The molecule has 6 heteroatoms. The van der Waals surface area contributed by atoms with Gasteiger partial charge in [0.2, 0.25) is 0 Å². The second kappa shape index (κ2) is 7.18. The predicted molar refractivity (Wildman–Crippen MR) is 81.3 cm³/mol. The van der Waals surface area contributed by atoms with Gasteiger partial charge in [-0.25, -0.2) is 8.78 Å². The lowest BCUT2D eigenvalue weighted by Crippen LogP contribution is -2.38. The van der Waals surface area contributed by atoms with Gasteiger partial charge in [0.1, 0.15) is 11.6 Å². The van der Waals surface area contributed by atoms with Crippen molar-refractivity contribution in [3.8, 4) is 0 Å². The first kappa shape index (κ1) is 16.2. The fourth-order valence-corrected chi connectivity index (χ4v) is 2.47. The van der Waals surface area contributed by atoms with Gasteiger partial charge in [0, 0.05) is 11.1 Å². The average molecular weight is 331 g/mol. The molecule has 0 saturated heterocycles. The molecule has 112 valence electrons. The minimum atomic E-state index is -0.476. The van der Waals surface area contributed by atoms with Crippen molar-refractivity contribution >= 4 is 23.2 Å². The third-order valence-corrected chi connectivity index (χ3v) is 3.74. The molecular weight excluding hydrogens is 317 g/mol. The van der Waals surface area contributed by atoms with Crippen LogP contribution in [-0.4, -0.2) is 6.04 Å². The molecule has 0 aliphatic rings. The molecule has 1 atom stereocenters. The summed E-state index contributed by atoms with van der Waals surface area (Å²) in [5.74, 6) is 4.60. The Labute approximate surface area is 131 Å². The second-order valence-electron chi connectivity index (χ2n) is 4.72. The van der Waals surface area contributed by atoms with Crippen LogP contribution in [0.5, 0.6) is 0 Å². The Morgan fingerprint density at radius 3 is 2.43 bits per heavy atom. The molecule has 0 fully saturated rings. The van der Waals surface area contributed by atoms with Gasteiger partial charge in [-0.2, -0.15) is 0 Å². The number of nitrogens with two attached hydrogens (primary N) is 1. The highest BCUT2D eigenvalue weighted by Gasteiger charge is 2.15. The van der Waals surface area contributed by atoms with Gasteiger partial charge in [-0.3, -0.25) is 11.3 Å². The van der Waals surface area contributed by atoms with E-state index >= 15 is 0 Å². The van der Waals surface area contributed by atoms with Crippen LogP contribution in [0, 0.1) is 11.6 Å². The molecule has 2 rings (SSSR count). The minimum absolute atomic E-state index is 0.0564. The summed E-state index contributed by atoms with van der Waals surface area (Å²) in [7, 11) is 0. The summed E-state index contributed by atoms with van der Waals surface area (Å²) >= 11 is 11.5. The van der Waals surface area contributed by atoms with E-state index in [1.807, 2.05) is 0 Å². The molecule has 0 amide bonds. The van der Waals surface area contributed by atoms with Gasteiger partial charge in [-0.1, -0.05) is 41.4 Å². The third kappa shape index (κ3) is 4.14. The van der Waals surface area contributed by atoms with E-state index < -0.39 is 11.6 Å². The van der Waals surface area contributed by atoms with Crippen molar-refractivity contribution in [2.24, 2.45) is 5.84 Å². The van der Waals surface area contributed by atoms with Gasteiger partial charge in [-0.15, -0.1) is 0 Å². The Morgan fingerprint density at radius 2 is 1.76 bits per heavy atom. The maximum atomic E-state index is 13.9. The topological polar surface area (TPSA) is 38.0 Å². The number of hydrazine groups is 1. The van der Waals surface area contributed by atoms with Crippen LogP contribution in [0.4, 0.5) is 8.78 Å². The molecule has 1 unspecified atom stereocenters. The molecular formula is C15H14Cl2F2N2. The van der Waals surface area contributed by atoms with Gasteiger partial charge in [0.25, 0.3) is 0 Å². The van der Waals surface area contributed by atoms with Crippen LogP contribution < -0.4 is 11.3 Å². The van der Waals surface area contributed by atoms with Crippen LogP contribution in [-0.2, 0) is 12.8 Å². The second-order valence-corrected chi connectivity index (χ2v) is 5.56. The number of hydrogen-bond acceptors (Lipinski definition) is 2. The average Bonchev–Trinajstić information content (AvgIpc) is 2.45. The third-order valence-electron chi connectivity index (χ3n) is 3.22. The molecule has 0 radical (unpaired) electrons. The van der Waals surface area contributed by atoms with Crippen molar-refractivity contribution in [3.63, 3.8) is 0 Å². The zero-order valence-corrected chi connectivity index (χ0v) is 12.6. The largest absolute Gasteiger partial charge is 0.271 e. The smallest absolute Gasteiger partial charge is 0.145 e. The first-order valence-corrected chi connectivity index (χ1v) is 7.09. The first-order valence-electron chi connectivity index (χ1n) is 6.34. The fraction of sp³-hybridized carbons (Fsp3) is 0.200. The molecule has 21 heavy (non-hydrogen) atoms. The van der Waals surface area contributed by atoms with E-state index in [1.54, 1.807) is 24.3 Å². The SMILES string of the molecule is NNC(Cc1ccc(Cl)cc1F)Cc1cccc(Cl)c1F. The first-order chi connectivity index (χ1) is 10.0. The van der Waals surface area contributed by atoms with Crippen molar-refractivity contribution in [2.75, 3.05) is 0 Å². The van der Waals surface area contributed by atoms with Crippen molar-refractivity contribution in [2.45, 2.75) is 18.9 Å². The zero-order chi connectivity index (χ0) is 15.4. The van der Waals surface area contributed by atoms with Gasteiger partial charge in [0.15, 0.2) is 0 Å². The van der Waals surface area contributed by atoms with Crippen molar-refractivity contribution in [1.29, 1.82) is 0 Å². The van der Waals surface area contributed by atoms with E-state index in [0.29, 0.717) is 29.0 Å². The maximum absolute atomic E-state index is 13.9. The number of benzene rings is 2. The highest BCUT2D eigenvalue weighted by molar-refractivity contribution is 6.31. The van der Waals surface area contributed by atoms with E-state index in [0.717, 1.165) is 0 Å². The van der Waals surface area contributed by atoms with E-state index in [4.69, 9.17) is 29.0 Å². The predicted octanol–water partition coefficient (Wildman–Crippen LogP) is 3.89. The molecule has 2 aromatic carbocycles. The summed E-state index contributed by atoms with van der Waals surface area (Å²) in [6.07, 6.45) is 0.608. The Morgan fingerprint density at radius 1 is 1.05 bits per heavy atom. The van der Waals surface area contributed by atoms with Gasteiger partial charge in [-0.05, 0) is 42.2 Å². The highest BCUT2D eigenvalue weighted by Crippen LogP contribution is 2.21. The number of rotatable bonds is 5. The van der Waals surface area contributed by atoms with Gasteiger partial charge in [0.05, 0.1) is 5.02 Å². The summed E-state index contributed by atoms with van der Waals surface area (Å²) < 4.78 is 27.7. The van der Waals surface area contributed by atoms with E-state index in [-0.39, 0.29) is 11.1 Å². The van der Waals surface area contributed by atoms with Crippen LogP contribution in [0.2, 0.25) is 10.0 Å². The van der Waals surface area contributed by atoms with Gasteiger partial charge < -0.3 is 0 Å². The van der Waals surface area contributed by atoms with Crippen LogP contribution in [0.1, 0.15) is 11.1 Å². The molecule has 0 spiro atoms. The lowest BCUT2D eigenvalue weighted by atomic mass is 9.99. The highest BCUT2D eigenvalue weighted by atomic mass is 35.5. The lowest BCUT2D eigenvalue weighted by Gasteiger charge is -2.17. The molecule has 0 aliphatic carbocycles. The van der Waals surface area contributed by atoms with Crippen LogP contribution in [0.3, 0.4) is 0 Å². The van der Waals surface area contributed by atoms with Gasteiger partial charge >= 0.3 is 0 Å². The summed E-state index contributed by atoms with van der Waals surface area (Å²) in [4.78, 5) is 0. The molecule has 0 aromatic heterocycles. The molecule has 0 aliphatic heterocycles. The molecule has 2 aromatic rings. The van der Waals surface area contributed by atoms with Crippen molar-refractivity contribution in [3.05, 3.63) is 69.2 Å². The molecule has 3 N–H and O–H groups in total. The molecule has 2 nitrogen and oxygen atoms in total. The summed E-state index contributed by atoms with van der Waals surface area (Å²) in [5.41, 5.74) is 3.47. The standard InChI is InChI=1S/C15H14Cl2F2N2/c16-11-5-4-9(14(18)8-11)6-12(21-20)7-10-2-1-3-13(17)15(10)19/h1-5,8,12,21H,6-7,20H2. The Balaban J connectivity index is 2.15. The van der Waals surface area contributed by atoms with Crippen molar-refractivity contribution < 1.29 is 8.78 Å². The van der Waals surface area contributed by atoms with Crippen molar-refractivity contribution in [1.82, 2.24) is 5.43 Å². The maximum Gasteiger partial charge on any atom is 0.145 e. The molecule has 0 bridgehead atoms. The molecule has 0 saturated carbocycles. The van der Waals surface area contributed by atoms with E-state index in [2.05, 4.69) is 5.43 Å². The molecule has 0 heterocycles. The fourth-order valence-electron chi connectivity index (χ4n) is 2.11. The number of halogens is 4. The number of hydrogen-bond donors (Lipinski definition) is 2. The van der Waals surface area contributed by atoms with Crippen LogP contribution in [0.25, 0.3) is 0 Å². The monoisotopic (exact) mass is 330 g/mol. The van der Waals surface area contributed by atoms with Crippen LogP contribution >= 0.6 is 23.2 Å². The normalized spacial score (nSPS) is 12.4. The lowest BCUT2D eigenvalue weighted by molar-refractivity contribution is 0.494. The zero-order valence-electron chi connectivity index (χ0n) is 11.0. The quantitative estimate of drug-likeness (QED) is 0.644. The van der Waals surface area contributed by atoms with Crippen LogP contribution in [0.15, 0.2) is 36.4 Å². The number of nitrogens with one attached hydrogen (secondary N) is 1. The minimum Gasteiger partial charge on any atom is -0.271 e. The summed E-state index contributed by atoms with van der Waals surface area (Å²) in [6, 6.07) is 8.88. The summed E-state index contributed by atoms with van der Waals surface area (Å²) in [6.45, 7) is 0. The Hall–Kier alpha value is -1.20.